The van der Waals surface area contributed by atoms with Crippen LogP contribution in [-0.2, 0) is 4.74 Å². The summed E-state index contributed by atoms with van der Waals surface area (Å²) in [5, 5.41) is -0.597. The minimum atomic E-state index is -4.03. The number of alkyl halides is 3. The van der Waals surface area contributed by atoms with Gasteiger partial charge in [0.15, 0.2) is 0 Å². The van der Waals surface area contributed by atoms with E-state index in [4.69, 9.17) is 16.3 Å². The number of ether oxygens (including phenoxy) is 1. The van der Waals surface area contributed by atoms with Gasteiger partial charge in [-0.1, -0.05) is 88.8 Å². The number of hydrogen-bond acceptors (Lipinski definition) is 4. The Morgan fingerprint density at radius 1 is 0.650 bits per heavy atom. The number of benzene rings is 2. The van der Waals surface area contributed by atoms with E-state index in [0.29, 0.717) is 24.2 Å². The number of esters is 1. The average molecular weight is 582 g/mol. The molecule has 0 aromatic heterocycles. The fraction of sp³-hybridized carbons (Fsp3) is 0.516. The highest BCUT2D eigenvalue weighted by molar-refractivity contribution is 6.67. The molecular formula is C31H39ClF3NO4. The second kappa shape index (κ2) is 18.5. The number of carbonyl (C=O) groups excluding carboxylic acids is 3. The lowest BCUT2D eigenvalue weighted by Crippen LogP contribution is -2.34. The Morgan fingerprint density at radius 3 is 1.60 bits per heavy atom. The largest absolute Gasteiger partial charge is 0.422 e. The Balaban J connectivity index is 1.67. The number of amides is 1. The van der Waals surface area contributed by atoms with E-state index in [9.17, 15) is 27.6 Å². The van der Waals surface area contributed by atoms with Crippen molar-refractivity contribution < 1.29 is 32.3 Å². The van der Waals surface area contributed by atoms with E-state index < -0.39 is 29.9 Å². The van der Waals surface area contributed by atoms with E-state index in [1.807, 2.05) is 0 Å². The second-order valence-corrected chi connectivity index (χ2v) is 10.3. The standard InChI is InChI=1S/C31H39ClF3NO4/c32-28(37)25-19-21-27(22-20-25)36(30(39)40-29(38)26-17-13-12-14-18-26)24-16-11-9-7-5-3-1-2-4-6-8-10-15-23-31(33,34)35/h12-14,17-22H,1-11,15-16,23-24H2. The molecular weight excluding hydrogens is 543 g/mol. The first-order valence-corrected chi connectivity index (χ1v) is 14.5. The van der Waals surface area contributed by atoms with Gasteiger partial charge in [0.1, 0.15) is 0 Å². The van der Waals surface area contributed by atoms with E-state index in [1.54, 1.807) is 42.5 Å². The van der Waals surface area contributed by atoms with Crippen molar-refractivity contribution in [2.75, 3.05) is 11.4 Å². The van der Waals surface area contributed by atoms with Crippen LogP contribution in [0.5, 0.6) is 0 Å². The van der Waals surface area contributed by atoms with Gasteiger partial charge in [-0.2, -0.15) is 13.2 Å². The zero-order valence-electron chi connectivity index (χ0n) is 22.9. The van der Waals surface area contributed by atoms with Gasteiger partial charge in [-0.25, -0.2) is 9.59 Å². The predicted molar refractivity (Wildman–Crippen MR) is 152 cm³/mol. The van der Waals surface area contributed by atoms with Crippen molar-refractivity contribution in [1.29, 1.82) is 0 Å². The zero-order chi connectivity index (χ0) is 29.2. The molecule has 0 atom stereocenters. The highest BCUT2D eigenvalue weighted by atomic mass is 35.5. The summed E-state index contributed by atoms with van der Waals surface area (Å²) in [6.07, 6.45) is 6.59. The molecule has 0 bridgehead atoms. The van der Waals surface area contributed by atoms with Gasteiger partial charge >= 0.3 is 18.2 Å². The first-order chi connectivity index (χ1) is 19.2. The maximum atomic E-state index is 12.9. The van der Waals surface area contributed by atoms with Gasteiger partial charge in [0.2, 0.25) is 0 Å². The quantitative estimate of drug-likeness (QED) is 0.0760. The van der Waals surface area contributed by atoms with Crippen LogP contribution in [0.3, 0.4) is 0 Å². The van der Waals surface area contributed by atoms with E-state index in [1.165, 1.54) is 17.0 Å². The van der Waals surface area contributed by atoms with Crippen molar-refractivity contribution in [3.63, 3.8) is 0 Å². The highest BCUT2D eigenvalue weighted by Gasteiger charge is 2.25. The number of anilines is 1. The summed E-state index contributed by atoms with van der Waals surface area (Å²) in [5.41, 5.74) is 1.09. The van der Waals surface area contributed by atoms with Crippen molar-refractivity contribution in [2.24, 2.45) is 0 Å². The van der Waals surface area contributed by atoms with Crippen molar-refractivity contribution in [1.82, 2.24) is 0 Å². The summed E-state index contributed by atoms with van der Waals surface area (Å²) in [4.78, 5) is 38.1. The monoisotopic (exact) mass is 581 g/mol. The van der Waals surface area contributed by atoms with Gasteiger partial charge in [-0.05, 0) is 60.8 Å². The molecule has 0 saturated carbocycles. The van der Waals surface area contributed by atoms with Crippen LogP contribution in [0.15, 0.2) is 54.6 Å². The predicted octanol–water partition coefficient (Wildman–Crippen LogP) is 9.87. The molecule has 0 spiro atoms. The summed E-state index contributed by atoms with van der Waals surface area (Å²) in [5.74, 6) is -0.732. The molecule has 0 unspecified atom stereocenters. The molecule has 0 fully saturated rings. The van der Waals surface area contributed by atoms with E-state index in [2.05, 4.69) is 0 Å². The number of rotatable bonds is 18. The summed E-state index contributed by atoms with van der Waals surface area (Å²) in [7, 11) is 0. The molecule has 2 aromatic carbocycles. The summed E-state index contributed by atoms with van der Waals surface area (Å²) in [6.45, 7) is 0.359. The molecule has 9 heteroatoms. The van der Waals surface area contributed by atoms with Crippen molar-refractivity contribution in [2.45, 2.75) is 96.1 Å². The molecule has 5 nitrogen and oxygen atoms in total. The molecule has 40 heavy (non-hydrogen) atoms. The van der Waals surface area contributed by atoms with Crippen LogP contribution in [0, 0.1) is 0 Å². The molecule has 2 aromatic rings. The molecule has 0 heterocycles. The number of hydrogen-bond donors (Lipinski definition) is 0. The number of nitrogens with zero attached hydrogens (tertiary/aromatic N) is 1. The molecule has 0 aliphatic rings. The van der Waals surface area contributed by atoms with Gasteiger partial charge < -0.3 is 4.74 Å². The molecule has 0 radical (unpaired) electrons. The third-order valence-electron chi connectivity index (χ3n) is 6.66. The van der Waals surface area contributed by atoms with Crippen LogP contribution >= 0.6 is 11.6 Å². The molecule has 220 valence electrons. The molecule has 0 aliphatic carbocycles. The third kappa shape index (κ3) is 14.0. The Bertz CT molecular complexity index is 1030. The fourth-order valence-corrected chi connectivity index (χ4v) is 4.53. The van der Waals surface area contributed by atoms with Gasteiger partial charge in [0, 0.05) is 24.2 Å². The topological polar surface area (TPSA) is 63.7 Å². The van der Waals surface area contributed by atoms with Crippen molar-refractivity contribution >= 4 is 34.6 Å². The van der Waals surface area contributed by atoms with Crippen molar-refractivity contribution in [3.8, 4) is 0 Å². The fourth-order valence-electron chi connectivity index (χ4n) is 4.41. The minimum absolute atomic E-state index is 0.232. The van der Waals surface area contributed by atoms with Crippen LogP contribution in [0.1, 0.15) is 111 Å². The van der Waals surface area contributed by atoms with Crippen LogP contribution in [0.4, 0.5) is 23.7 Å². The first-order valence-electron chi connectivity index (χ1n) is 14.1. The summed E-state index contributed by atoms with van der Waals surface area (Å²) in [6, 6.07) is 14.5. The molecule has 0 aliphatic heterocycles. The number of halogens is 4. The summed E-state index contributed by atoms with van der Waals surface area (Å²) < 4.78 is 41.5. The van der Waals surface area contributed by atoms with Crippen molar-refractivity contribution in [3.05, 3.63) is 65.7 Å². The van der Waals surface area contributed by atoms with E-state index in [0.717, 1.165) is 70.6 Å². The molecule has 0 N–H and O–H groups in total. The third-order valence-corrected chi connectivity index (χ3v) is 6.88. The maximum absolute atomic E-state index is 12.9. The van der Waals surface area contributed by atoms with Gasteiger partial charge in [-0.3, -0.25) is 9.69 Å². The highest BCUT2D eigenvalue weighted by Crippen LogP contribution is 2.23. The SMILES string of the molecule is O=C(Cl)c1ccc(N(CCCCCCCCCCCCCCCC(F)(F)F)C(=O)OC(=O)c2ccccc2)cc1. The smallest absolute Gasteiger partial charge is 0.372 e. The van der Waals surface area contributed by atoms with Crippen LogP contribution in [0.2, 0.25) is 0 Å². The first kappa shape index (κ1) is 33.3. The number of carbonyl (C=O) groups is 3. The molecule has 0 saturated heterocycles. The van der Waals surface area contributed by atoms with Gasteiger partial charge in [-0.15, -0.1) is 0 Å². The van der Waals surface area contributed by atoms with Crippen LogP contribution in [-0.4, -0.2) is 30.0 Å². The molecule has 1 amide bonds. The van der Waals surface area contributed by atoms with Crippen LogP contribution in [0.25, 0.3) is 0 Å². The Morgan fingerprint density at radius 2 is 1.12 bits per heavy atom. The lowest BCUT2D eigenvalue weighted by Gasteiger charge is -2.22. The van der Waals surface area contributed by atoms with Crippen LogP contribution < -0.4 is 4.90 Å². The van der Waals surface area contributed by atoms with Gasteiger partial charge in [0.05, 0.1) is 5.56 Å². The zero-order valence-corrected chi connectivity index (χ0v) is 23.7. The Hall–Kier alpha value is -2.87. The van der Waals surface area contributed by atoms with Gasteiger partial charge in [0.25, 0.3) is 5.24 Å². The normalized spacial score (nSPS) is 11.3. The van der Waals surface area contributed by atoms with E-state index in [-0.39, 0.29) is 12.0 Å². The second-order valence-electron chi connectivity index (χ2n) is 9.96. The lowest BCUT2D eigenvalue weighted by atomic mass is 10.0. The minimum Gasteiger partial charge on any atom is -0.372 e. The molecule has 2 rings (SSSR count). The Labute approximate surface area is 240 Å². The Kier molecular flexibility index (Phi) is 15.4. The number of unbranched alkanes of at least 4 members (excludes halogenated alkanes) is 12. The maximum Gasteiger partial charge on any atom is 0.422 e. The summed E-state index contributed by atoms with van der Waals surface area (Å²) >= 11 is 5.53. The van der Waals surface area contributed by atoms with E-state index >= 15 is 0 Å². The average Bonchev–Trinajstić information content (AvgIpc) is 2.92. The lowest BCUT2D eigenvalue weighted by molar-refractivity contribution is -0.135.